The number of benzene rings is 1. The van der Waals surface area contributed by atoms with Gasteiger partial charge in [-0.25, -0.2) is 0 Å². The molecule has 0 saturated carbocycles. The van der Waals surface area contributed by atoms with Crippen LogP contribution in [0, 0.1) is 6.92 Å². The summed E-state index contributed by atoms with van der Waals surface area (Å²) in [5, 5.41) is 8.97. The number of nitrogens with zero attached hydrogens (tertiary/aromatic N) is 1. The Labute approximate surface area is 118 Å². The van der Waals surface area contributed by atoms with E-state index in [0.29, 0.717) is 18.5 Å². The van der Waals surface area contributed by atoms with Gasteiger partial charge in [0.1, 0.15) is 5.75 Å². The van der Waals surface area contributed by atoms with Crippen molar-refractivity contribution in [3.05, 3.63) is 63.6 Å². The maximum Gasteiger partial charge on any atom is 0.254 e. The molecule has 0 aliphatic rings. The van der Waals surface area contributed by atoms with Gasteiger partial charge in [0.2, 0.25) is 0 Å². The number of aromatic nitrogens is 1. The van der Waals surface area contributed by atoms with E-state index in [-0.39, 0.29) is 12.2 Å². The molecule has 1 aromatic heterocycles. The van der Waals surface area contributed by atoms with Gasteiger partial charge in [-0.05, 0) is 42.7 Å². The quantitative estimate of drug-likeness (QED) is 0.903. The van der Waals surface area contributed by atoms with Crippen molar-refractivity contribution in [2.75, 3.05) is 13.7 Å². The summed E-state index contributed by atoms with van der Waals surface area (Å²) >= 11 is 0. The molecule has 0 aliphatic carbocycles. The number of aliphatic hydroxyl groups is 1. The average Bonchev–Trinajstić information content (AvgIpc) is 2.48. The van der Waals surface area contributed by atoms with Crippen LogP contribution in [0.15, 0.2) is 41.3 Å². The van der Waals surface area contributed by atoms with Crippen molar-refractivity contribution in [1.82, 2.24) is 4.57 Å². The first-order chi connectivity index (χ1) is 9.65. The Bertz CT molecular complexity index is 629. The van der Waals surface area contributed by atoms with Gasteiger partial charge in [-0.15, -0.1) is 0 Å². The molecule has 0 radical (unpaired) electrons. The zero-order valence-electron chi connectivity index (χ0n) is 11.8. The fraction of sp³-hybridized carbons (Fsp3) is 0.312. The van der Waals surface area contributed by atoms with Gasteiger partial charge in [0.05, 0.1) is 13.7 Å². The van der Waals surface area contributed by atoms with Gasteiger partial charge in [0.15, 0.2) is 0 Å². The lowest BCUT2D eigenvalue weighted by molar-refractivity contribution is 0.299. The molecule has 2 rings (SSSR count). The molecule has 0 saturated heterocycles. The summed E-state index contributed by atoms with van der Waals surface area (Å²) in [6, 6.07) is 9.56. The smallest absolute Gasteiger partial charge is 0.254 e. The van der Waals surface area contributed by atoms with E-state index >= 15 is 0 Å². The second-order valence-electron chi connectivity index (χ2n) is 4.72. The average molecular weight is 273 g/mol. The van der Waals surface area contributed by atoms with E-state index in [2.05, 4.69) is 0 Å². The molecule has 4 nitrogen and oxygen atoms in total. The topological polar surface area (TPSA) is 51.5 Å². The Morgan fingerprint density at radius 1 is 1.20 bits per heavy atom. The normalized spacial score (nSPS) is 10.6. The Morgan fingerprint density at radius 3 is 2.50 bits per heavy atom. The van der Waals surface area contributed by atoms with Gasteiger partial charge in [-0.1, -0.05) is 12.1 Å². The van der Waals surface area contributed by atoms with Gasteiger partial charge in [0.25, 0.3) is 5.56 Å². The molecule has 4 heteroatoms. The van der Waals surface area contributed by atoms with Crippen LogP contribution in [0.4, 0.5) is 0 Å². The van der Waals surface area contributed by atoms with Crippen molar-refractivity contribution in [3.63, 3.8) is 0 Å². The third-order valence-corrected chi connectivity index (χ3v) is 3.41. The fourth-order valence-corrected chi connectivity index (χ4v) is 2.17. The molecule has 1 heterocycles. The van der Waals surface area contributed by atoms with E-state index in [9.17, 15) is 4.79 Å². The van der Waals surface area contributed by atoms with Crippen molar-refractivity contribution in [2.45, 2.75) is 19.9 Å². The van der Waals surface area contributed by atoms with Crippen LogP contribution in [0.3, 0.4) is 0 Å². The van der Waals surface area contributed by atoms with Crippen LogP contribution >= 0.6 is 0 Å². The Hall–Kier alpha value is -2.07. The lowest BCUT2D eigenvalue weighted by atomic mass is 10.1. The molecular weight excluding hydrogens is 254 g/mol. The molecule has 1 N–H and O–H groups in total. The van der Waals surface area contributed by atoms with Crippen LogP contribution in [-0.4, -0.2) is 23.4 Å². The van der Waals surface area contributed by atoms with Crippen LogP contribution in [0.25, 0.3) is 0 Å². The fourth-order valence-electron chi connectivity index (χ4n) is 2.17. The number of aliphatic hydroxyl groups excluding tert-OH is 1. The van der Waals surface area contributed by atoms with Crippen molar-refractivity contribution >= 4 is 0 Å². The molecule has 0 fully saturated rings. The Morgan fingerprint density at radius 2 is 1.90 bits per heavy atom. The molecule has 0 atom stereocenters. The molecule has 0 aliphatic heterocycles. The summed E-state index contributed by atoms with van der Waals surface area (Å²) in [7, 11) is 1.63. The molecular formula is C16H19NO3. The first kappa shape index (κ1) is 14.3. The number of rotatable bonds is 5. The monoisotopic (exact) mass is 273 g/mol. The molecule has 2 aromatic rings. The minimum atomic E-state index is -0.00762. The second kappa shape index (κ2) is 6.39. The number of hydrogen-bond acceptors (Lipinski definition) is 3. The van der Waals surface area contributed by atoms with Crippen LogP contribution in [0.1, 0.15) is 16.7 Å². The SMILES string of the molecule is COc1ccc(Cn2ccc(CCO)c(C)c2=O)cc1. The van der Waals surface area contributed by atoms with Crippen molar-refractivity contribution in [3.8, 4) is 5.75 Å². The number of hydrogen-bond donors (Lipinski definition) is 1. The highest BCUT2D eigenvalue weighted by Crippen LogP contribution is 2.12. The third kappa shape index (κ3) is 3.08. The van der Waals surface area contributed by atoms with E-state index in [0.717, 1.165) is 16.9 Å². The van der Waals surface area contributed by atoms with Crippen molar-refractivity contribution in [1.29, 1.82) is 0 Å². The summed E-state index contributed by atoms with van der Waals surface area (Å²) in [5.74, 6) is 0.801. The van der Waals surface area contributed by atoms with E-state index < -0.39 is 0 Å². The summed E-state index contributed by atoms with van der Waals surface area (Å²) in [6.45, 7) is 2.39. The van der Waals surface area contributed by atoms with Gasteiger partial charge >= 0.3 is 0 Å². The lowest BCUT2D eigenvalue weighted by Gasteiger charge is -2.10. The van der Waals surface area contributed by atoms with Crippen LogP contribution in [0.5, 0.6) is 5.75 Å². The van der Waals surface area contributed by atoms with E-state index in [4.69, 9.17) is 9.84 Å². The molecule has 1 aromatic carbocycles. The third-order valence-electron chi connectivity index (χ3n) is 3.41. The minimum absolute atomic E-state index is 0.00762. The van der Waals surface area contributed by atoms with Gasteiger partial charge < -0.3 is 14.4 Å². The zero-order chi connectivity index (χ0) is 14.5. The summed E-state index contributed by atoms with van der Waals surface area (Å²) in [5.41, 5.74) is 2.65. The largest absolute Gasteiger partial charge is 0.497 e. The second-order valence-corrected chi connectivity index (χ2v) is 4.72. The van der Waals surface area contributed by atoms with Crippen LogP contribution in [-0.2, 0) is 13.0 Å². The summed E-state index contributed by atoms with van der Waals surface area (Å²) in [4.78, 5) is 12.2. The molecule has 106 valence electrons. The van der Waals surface area contributed by atoms with E-state index in [1.54, 1.807) is 24.8 Å². The van der Waals surface area contributed by atoms with Crippen LogP contribution < -0.4 is 10.3 Å². The van der Waals surface area contributed by atoms with E-state index in [1.807, 2.05) is 30.3 Å². The van der Waals surface area contributed by atoms with E-state index in [1.165, 1.54) is 0 Å². The highest BCUT2D eigenvalue weighted by molar-refractivity contribution is 5.28. The summed E-state index contributed by atoms with van der Waals surface area (Å²) in [6.07, 6.45) is 2.30. The first-order valence-electron chi connectivity index (χ1n) is 6.58. The maximum atomic E-state index is 12.2. The van der Waals surface area contributed by atoms with Gasteiger partial charge in [0, 0.05) is 18.4 Å². The van der Waals surface area contributed by atoms with Crippen LogP contribution in [0.2, 0.25) is 0 Å². The van der Waals surface area contributed by atoms with Crippen molar-refractivity contribution < 1.29 is 9.84 Å². The van der Waals surface area contributed by atoms with Gasteiger partial charge in [-0.3, -0.25) is 4.79 Å². The highest BCUT2D eigenvalue weighted by atomic mass is 16.5. The summed E-state index contributed by atoms with van der Waals surface area (Å²) < 4.78 is 6.79. The minimum Gasteiger partial charge on any atom is -0.497 e. The predicted octanol–water partition coefficient (Wildman–Crippen LogP) is 1.75. The molecule has 20 heavy (non-hydrogen) atoms. The maximum absolute atomic E-state index is 12.2. The first-order valence-corrected chi connectivity index (χ1v) is 6.58. The molecule has 0 amide bonds. The lowest BCUT2D eigenvalue weighted by Crippen LogP contribution is -2.23. The molecule has 0 bridgehead atoms. The molecule has 0 spiro atoms. The van der Waals surface area contributed by atoms with Gasteiger partial charge in [-0.2, -0.15) is 0 Å². The Kier molecular flexibility index (Phi) is 4.58. The number of methoxy groups -OCH3 is 1. The van der Waals surface area contributed by atoms with Crippen molar-refractivity contribution in [2.24, 2.45) is 0 Å². The Balaban J connectivity index is 2.25. The molecule has 0 unspecified atom stereocenters. The zero-order valence-corrected chi connectivity index (χ0v) is 11.8. The number of ether oxygens (including phenoxy) is 1. The standard InChI is InChI=1S/C16H19NO3/c1-12-14(8-10-18)7-9-17(16(12)19)11-13-3-5-15(20-2)6-4-13/h3-7,9,18H,8,10-11H2,1-2H3. The predicted molar refractivity (Wildman–Crippen MR) is 78.3 cm³/mol. The number of pyridine rings is 1. The highest BCUT2D eigenvalue weighted by Gasteiger charge is 2.06.